The highest BCUT2D eigenvalue weighted by atomic mass is 79.9. The first-order valence-corrected chi connectivity index (χ1v) is 5.99. The van der Waals surface area contributed by atoms with Crippen molar-refractivity contribution < 1.29 is 14.0 Å². The summed E-state index contributed by atoms with van der Waals surface area (Å²) in [6.07, 6.45) is 1.42. The SMILES string of the molecule is CC(C)NC(=O)CN(C)C(=O)c1ccoc1Br. The van der Waals surface area contributed by atoms with Crippen molar-refractivity contribution in [2.24, 2.45) is 0 Å². The van der Waals surface area contributed by atoms with E-state index in [1.165, 1.54) is 11.2 Å². The lowest BCUT2D eigenvalue weighted by atomic mass is 10.3. The van der Waals surface area contributed by atoms with Crippen LogP contribution in [0.5, 0.6) is 0 Å². The quantitative estimate of drug-likeness (QED) is 0.919. The molecule has 1 aromatic heterocycles. The van der Waals surface area contributed by atoms with Crippen LogP contribution < -0.4 is 5.32 Å². The lowest BCUT2D eigenvalue weighted by molar-refractivity contribution is -0.122. The summed E-state index contributed by atoms with van der Waals surface area (Å²) in [5, 5.41) is 2.72. The van der Waals surface area contributed by atoms with E-state index in [0.717, 1.165) is 0 Å². The summed E-state index contributed by atoms with van der Waals surface area (Å²) in [6, 6.07) is 1.62. The van der Waals surface area contributed by atoms with Crippen LogP contribution in [0.1, 0.15) is 24.2 Å². The average molecular weight is 303 g/mol. The Kier molecular flexibility index (Phi) is 4.74. The van der Waals surface area contributed by atoms with E-state index in [1.807, 2.05) is 13.8 Å². The number of furan rings is 1. The molecule has 0 unspecified atom stereocenters. The van der Waals surface area contributed by atoms with Crippen LogP contribution in [0.25, 0.3) is 0 Å². The highest BCUT2D eigenvalue weighted by Crippen LogP contribution is 2.18. The Labute approximate surface area is 108 Å². The molecule has 6 heteroatoms. The van der Waals surface area contributed by atoms with Crippen LogP contribution in [0.3, 0.4) is 0 Å². The predicted octanol–water partition coefficient (Wildman–Crippen LogP) is 1.64. The fourth-order valence-electron chi connectivity index (χ4n) is 1.31. The summed E-state index contributed by atoms with van der Waals surface area (Å²) >= 11 is 3.13. The van der Waals surface area contributed by atoms with Gasteiger partial charge in [-0.1, -0.05) is 0 Å². The summed E-state index contributed by atoms with van der Waals surface area (Å²) in [5.41, 5.74) is 0.407. The Bertz CT molecular complexity index is 415. The third-order valence-electron chi connectivity index (χ3n) is 2.03. The van der Waals surface area contributed by atoms with Gasteiger partial charge in [0.1, 0.15) is 0 Å². The number of hydrogen-bond acceptors (Lipinski definition) is 3. The van der Waals surface area contributed by atoms with Gasteiger partial charge in [0.05, 0.1) is 18.4 Å². The topological polar surface area (TPSA) is 62.6 Å². The summed E-state index contributed by atoms with van der Waals surface area (Å²) < 4.78 is 5.35. The number of carbonyl (C=O) groups excluding carboxylic acids is 2. The molecule has 94 valence electrons. The number of hydrogen-bond donors (Lipinski definition) is 1. The Morgan fingerprint density at radius 3 is 2.65 bits per heavy atom. The minimum absolute atomic E-state index is 0.0225. The van der Waals surface area contributed by atoms with Crippen molar-refractivity contribution in [2.75, 3.05) is 13.6 Å². The Morgan fingerprint density at radius 2 is 2.18 bits per heavy atom. The van der Waals surface area contributed by atoms with Gasteiger partial charge in [-0.05, 0) is 35.8 Å². The molecule has 1 rings (SSSR count). The molecule has 1 aromatic rings. The lowest BCUT2D eigenvalue weighted by Gasteiger charge is -2.17. The Balaban J connectivity index is 2.59. The molecule has 0 aliphatic heterocycles. The minimum Gasteiger partial charge on any atom is -0.457 e. The van der Waals surface area contributed by atoms with Crippen LogP contribution in [0.2, 0.25) is 0 Å². The number of rotatable bonds is 4. The van der Waals surface area contributed by atoms with E-state index < -0.39 is 0 Å². The molecule has 5 nitrogen and oxygen atoms in total. The van der Waals surface area contributed by atoms with Gasteiger partial charge >= 0.3 is 0 Å². The number of carbonyl (C=O) groups is 2. The maximum atomic E-state index is 11.9. The second-order valence-corrected chi connectivity index (χ2v) is 4.71. The molecule has 17 heavy (non-hydrogen) atoms. The minimum atomic E-state index is -0.260. The summed E-state index contributed by atoms with van der Waals surface area (Å²) in [4.78, 5) is 24.7. The monoisotopic (exact) mass is 302 g/mol. The zero-order valence-corrected chi connectivity index (χ0v) is 11.6. The van der Waals surface area contributed by atoms with E-state index in [1.54, 1.807) is 13.1 Å². The van der Waals surface area contributed by atoms with Crippen molar-refractivity contribution in [1.82, 2.24) is 10.2 Å². The Morgan fingerprint density at radius 1 is 1.53 bits per heavy atom. The van der Waals surface area contributed by atoms with Crippen LogP contribution in [-0.4, -0.2) is 36.3 Å². The number of amides is 2. The van der Waals surface area contributed by atoms with E-state index in [4.69, 9.17) is 4.42 Å². The first-order valence-electron chi connectivity index (χ1n) is 5.19. The van der Waals surface area contributed by atoms with Gasteiger partial charge in [0.25, 0.3) is 5.91 Å². The number of likely N-dealkylation sites (N-methyl/N-ethyl adjacent to an activating group) is 1. The second-order valence-electron chi connectivity index (χ2n) is 3.99. The fraction of sp³-hybridized carbons (Fsp3) is 0.455. The molecule has 0 spiro atoms. The van der Waals surface area contributed by atoms with Crippen LogP contribution in [0, 0.1) is 0 Å². The molecule has 0 aromatic carbocycles. The first kappa shape index (κ1) is 13.8. The molecule has 0 aliphatic rings. The lowest BCUT2D eigenvalue weighted by Crippen LogP contribution is -2.40. The molecule has 0 fully saturated rings. The normalized spacial score (nSPS) is 10.4. The van der Waals surface area contributed by atoms with Crippen molar-refractivity contribution >= 4 is 27.7 Å². The first-order chi connectivity index (χ1) is 7.91. The van der Waals surface area contributed by atoms with Gasteiger partial charge in [-0.25, -0.2) is 0 Å². The van der Waals surface area contributed by atoms with Crippen LogP contribution in [-0.2, 0) is 4.79 Å². The molecule has 2 amide bonds. The maximum absolute atomic E-state index is 11.9. The fourth-order valence-corrected chi connectivity index (χ4v) is 1.72. The molecule has 0 radical (unpaired) electrons. The standard InChI is InChI=1S/C11H15BrN2O3/c1-7(2)13-9(15)6-14(3)11(16)8-4-5-17-10(8)12/h4-5,7H,6H2,1-3H3,(H,13,15). The number of nitrogens with one attached hydrogen (secondary N) is 1. The van der Waals surface area contributed by atoms with Crippen LogP contribution in [0.4, 0.5) is 0 Å². The molecule has 0 saturated heterocycles. The van der Waals surface area contributed by atoms with Crippen LogP contribution in [0.15, 0.2) is 21.4 Å². The van der Waals surface area contributed by atoms with Gasteiger partial charge in [0, 0.05) is 13.1 Å². The average Bonchev–Trinajstić information content (AvgIpc) is 2.61. The van der Waals surface area contributed by atoms with Crippen molar-refractivity contribution in [3.63, 3.8) is 0 Å². The smallest absolute Gasteiger partial charge is 0.258 e. The number of nitrogens with zero attached hydrogens (tertiary/aromatic N) is 1. The third kappa shape index (κ3) is 3.89. The highest BCUT2D eigenvalue weighted by Gasteiger charge is 2.19. The van der Waals surface area contributed by atoms with E-state index in [2.05, 4.69) is 21.2 Å². The molecule has 0 atom stereocenters. The summed E-state index contributed by atoms with van der Waals surface area (Å²) in [6.45, 7) is 3.76. The number of halogens is 1. The van der Waals surface area contributed by atoms with Gasteiger partial charge in [-0.2, -0.15) is 0 Å². The van der Waals surface area contributed by atoms with Crippen molar-refractivity contribution in [3.8, 4) is 0 Å². The summed E-state index contributed by atoms with van der Waals surface area (Å²) in [7, 11) is 1.57. The molecular weight excluding hydrogens is 288 g/mol. The predicted molar refractivity (Wildman–Crippen MR) is 66.6 cm³/mol. The van der Waals surface area contributed by atoms with E-state index >= 15 is 0 Å². The van der Waals surface area contributed by atoms with Crippen molar-refractivity contribution in [2.45, 2.75) is 19.9 Å². The van der Waals surface area contributed by atoms with E-state index in [-0.39, 0.29) is 24.4 Å². The van der Waals surface area contributed by atoms with Crippen molar-refractivity contribution in [1.29, 1.82) is 0 Å². The van der Waals surface area contributed by atoms with Crippen molar-refractivity contribution in [3.05, 3.63) is 22.6 Å². The zero-order valence-electron chi connectivity index (χ0n) is 9.99. The molecule has 1 N–H and O–H groups in total. The largest absolute Gasteiger partial charge is 0.457 e. The zero-order chi connectivity index (χ0) is 13.0. The van der Waals surface area contributed by atoms with Gasteiger partial charge in [0.15, 0.2) is 4.67 Å². The van der Waals surface area contributed by atoms with Crippen LogP contribution >= 0.6 is 15.9 Å². The molecule has 0 saturated carbocycles. The molecule has 0 aliphatic carbocycles. The van der Waals surface area contributed by atoms with E-state index in [0.29, 0.717) is 10.2 Å². The molecule has 1 heterocycles. The van der Waals surface area contributed by atoms with Gasteiger partial charge in [0.2, 0.25) is 5.91 Å². The second kappa shape index (κ2) is 5.86. The van der Waals surface area contributed by atoms with Gasteiger partial charge < -0.3 is 14.6 Å². The third-order valence-corrected chi connectivity index (χ3v) is 2.64. The molecule has 0 bridgehead atoms. The summed E-state index contributed by atoms with van der Waals surface area (Å²) in [5.74, 6) is -0.444. The van der Waals surface area contributed by atoms with Gasteiger partial charge in [-0.3, -0.25) is 9.59 Å². The maximum Gasteiger partial charge on any atom is 0.258 e. The Hall–Kier alpha value is -1.30. The van der Waals surface area contributed by atoms with Gasteiger partial charge in [-0.15, -0.1) is 0 Å². The van der Waals surface area contributed by atoms with E-state index in [9.17, 15) is 9.59 Å². The highest BCUT2D eigenvalue weighted by molar-refractivity contribution is 9.10. The molecular formula is C11H15BrN2O3.